The van der Waals surface area contributed by atoms with Gasteiger partial charge in [-0.1, -0.05) is 18.2 Å². The highest BCUT2D eigenvalue weighted by atomic mass is 16.5. The van der Waals surface area contributed by atoms with E-state index in [4.69, 9.17) is 4.74 Å². The second kappa shape index (κ2) is 6.96. The third-order valence-electron chi connectivity index (χ3n) is 3.75. The molecule has 0 bridgehead atoms. The van der Waals surface area contributed by atoms with E-state index < -0.39 is 0 Å². The monoisotopic (exact) mass is 309 g/mol. The van der Waals surface area contributed by atoms with E-state index in [9.17, 15) is 4.79 Å². The predicted molar refractivity (Wildman–Crippen MR) is 89.3 cm³/mol. The number of nitrogens with zero attached hydrogens (tertiary/aromatic N) is 1. The molecular formula is C18H19N3O2. The molecule has 2 N–H and O–H groups in total. The summed E-state index contributed by atoms with van der Waals surface area (Å²) in [6, 6.07) is 13.7. The van der Waals surface area contributed by atoms with E-state index >= 15 is 0 Å². The number of aromatic amines is 1. The van der Waals surface area contributed by atoms with Crippen LogP contribution in [-0.2, 0) is 17.8 Å². The molecule has 0 unspecified atom stereocenters. The molecule has 0 aliphatic rings. The molecule has 3 aromatic rings. The average Bonchev–Trinajstić information content (AvgIpc) is 3.06. The van der Waals surface area contributed by atoms with Gasteiger partial charge in [-0.05, 0) is 41.8 Å². The van der Waals surface area contributed by atoms with E-state index in [1.54, 1.807) is 13.4 Å². The van der Waals surface area contributed by atoms with Gasteiger partial charge in [0.05, 0.1) is 24.5 Å². The van der Waals surface area contributed by atoms with Crippen LogP contribution in [0, 0.1) is 0 Å². The number of benzene rings is 2. The highest BCUT2D eigenvalue weighted by Crippen LogP contribution is 2.14. The Hall–Kier alpha value is -2.82. The lowest BCUT2D eigenvalue weighted by atomic mass is 10.1. The number of hydrogen-bond donors (Lipinski definition) is 2. The largest absolute Gasteiger partial charge is 0.497 e. The highest BCUT2D eigenvalue weighted by molar-refractivity contribution is 5.77. The molecule has 0 saturated carbocycles. The van der Waals surface area contributed by atoms with Crippen LogP contribution in [0.15, 0.2) is 48.8 Å². The standard InChI is InChI=1S/C18H19N3O2/c1-23-15-4-2-3-13(9-15)6-8-18(22)19-11-14-5-7-16-17(10-14)21-12-20-16/h2-5,7,9-10,12H,6,8,11H2,1H3,(H,19,22)(H,20,21). The van der Waals surface area contributed by atoms with Crippen molar-refractivity contribution in [1.82, 2.24) is 15.3 Å². The molecular weight excluding hydrogens is 290 g/mol. The molecule has 2 aromatic carbocycles. The maximum Gasteiger partial charge on any atom is 0.220 e. The van der Waals surface area contributed by atoms with Crippen molar-refractivity contribution in [3.05, 3.63) is 59.9 Å². The highest BCUT2D eigenvalue weighted by Gasteiger charge is 2.04. The van der Waals surface area contributed by atoms with Crippen LogP contribution in [0.1, 0.15) is 17.5 Å². The van der Waals surface area contributed by atoms with E-state index in [-0.39, 0.29) is 5.91 Å². The first-order chi connectivity index (χ1) is 11.2. The van der Waals surface area contributed by atoms with Gasteiger partial charge in [-0.2, -0.15) is 0 Å². The molecule has 5 heteroatoms. The normalized spacial score (nSPS) is 10.7. The van der Waals surface area contributed by atoms with Crippen LogP contribution < -0.4 is 10.1 Å². The SMILES string of the molecule is COc1cccc(CCC(=O)NCc2ccc3nc[nH]c3c2)c1. The molecule has 5 nitrogen and oxygen atoms in total. The smallest absolute Gasteiger partial charge is 0.220 e. The number of hydrogen-bond acceptors (Lipinski definition) is 3. The Morgan fingerprint density at radius 1 is 1.22 bits per heavy atom. The fraction of sp³-hybridized carbons (Fsp3) is 0.222. The number of nitrogens with one attached hydrogen (secondary N) is 2. The van der Waals surface area contributed by atoms with Crippen molar-refractivity contribution in [2.24, 2.45) is 0 Å². The number of aryl methyl sites for hydroxylation is 1. The van der Waals surface area contributed by atoms with Crippen molar-refractivity contribution in [1.29, 1.82) is 0 Å². The van der Waals surface area contributed by atoms with Gasteiger partial charge in [0.25, 0.3) is 0 Å². The fourth-order valence-corrected chi connectivity index (χ4v) is 2.47. The molecule has 1 amide bonds. The summed E-state index contributed by atoms with van der Waals surface area (Å²) in [5, 5.41) is 2.95. The molecule has 0 radical (unpaired) electrons. The molecule has 0 spiro atoms. The number of H-pyrrole nitrogens is 1. The summed E-state index contributed by atoms with van der Waals surface area (Å²) in [7, 11) is 1.64. The number of rotatable bonds is 6. The van der Waals surface area contributed by atoms with E-state index in [0.717, 1.165) is 27.9 Å². The van der Waals surface area contributed by atoms with Crippen LogP contribution in [0.5, 0.6) is 5.75 Å². The first kappa shape index (κ1) is 15.1. The lowest BCUT2D eigenvalue weighted by Gasteiger charge is -2.07. The van der Waals surface area contributed by atoms with E-state index in [1.165, 1.54) is 0 Å². The van der Waals surface area contributed by atoms with Gasteiger partial charge < -0.3 is 15.0 Å². The van der Waals surface area contributed by atoms with Gasteiger partial charge in [-0.15, -0.1) is 0 Å². The first-order valence-corrected chi connectivity index (χ1v) is 7.56. The Balaban J connectivity index is 1.50. The zero-order chi connectivity index (χ0) is 16.1. The van der Waals surface area contributed by atoms with Crippen LogP contribution >= 0.6 is 0 Å². The van der Waals surface area contributed by atoms with Crippen molar-refractivity contribution < 1.29 is 9.53 Å². The summed E-state index contributed by atoms with van der Waals surface area (Å²) in [5.41, 5.74) is 4.06. The van der Waals surface area contributed by atoms with Crippen LogP contribution in [-0.4, -0.2) is 23.0 Å². The van der Waals surface area contributed by atoms with Crippen molar-refractivity contribution in [2.45, 2.75) is 19.4 Å². The molecule has 23 heavy (non-hydrogen) atoms. The van der Waals surface area contributed by atoms with E-state index in [1.807, 2.05) is 42.5 Å². The lowest BCUT2D eigenvalue weighted by Crippen LogP contribution is -2.22. The minimum absolute atomic E-state index is 0.0394. The maximum absolute atomic E-state index is 12.0. The summed E-state index contributed by atoms with van der Waals surface area (Å²) in [5.74, 6) is 0.855. The Bertz CT molecular complexity index is 811. The van der Waals surface area contributed by atoms with Crippen molar-refractivity contribution in [3.8, 4) is 5.75 Å². The topological polar surface area (TPSA) is 67.0 Å². The summed E-state index contributed by atoms with van der Waals surface area (Å²) in [4.78, 5) is 19.2. The first-order valence-electron chi connectivity index (χ1n) is 7.56. The number of aromatic nitrogens is 2. The molecule has 0 aliphatic heterocycles. The number of carbonyl (C=O) groups excluding carboxylic acids is 1. The Kier molecular flexibility index (Phi) is 4.57. The van der Waals surface area contributed by atoms with Crippen molar-refractivity contribution >= 4 is 16.9 Å². The number of methoxy groups -OCH3 is 1. The lowest BCUT2D eigenvalue weighted by molar-refractivity contribution is -0.121. The number of amides is 1. The number of carbonyl (C=O) groups is 1. The third-order valence-corrected chi connectivity index (χ3v) is 3.75. The second-order valence-electron chi connectivity index (χ2n) is 5.38. The van der Waals surface area contributed by atoms with Crippen molar-refractivity contribution in [2.75, 3.05) is 7.11 Å². The van der Waals surface area contributed by atoms with Gasteiger partial charge >= 0.3 is 0 Å². The quantitative estimate of drug-likeness (QED) is 0.736. The second-order valence-corrected chi connectivity index (χ2v) is 5.38. The van der Waals surface area contributed by atoms with Crippen LogP contribution in [0.4, 0.5) is 0 Å². The minimum Gasteiger partial charge on any atom is -0.497 e. The zero-order valence-electron chi connectivity index (χ0n) is 13.0. The predicted octanol–water partition coefficient (Wildman–Crippen LogP) is 2.82. The van der Waals surface area contributed by atoms with Gasteiger partial charge in [0, 0.05) is 13.0 Å². The molecule has 1 heterocycles. The van der Waals surface area contributed by atoms with Gasteiger partial charge in [-0.25, -0.2) is 4.98 Å². The Labute approximate surface area is 134 Å². The fourth-order valence-electron chi connectivity index (χ4n) is 2.47. The number of imidazole rings is 1. The van der Waals surface area contributed by atoms with Gasteiger partial charge in [-0.3, -0.25) is 4.79 Å². The summed E-state index contributed by atoms with van der Waals surface area (Å²) < 4.78 is 5.19. The van der Waals surface area contributed by atoms with E-state index in [0.29, 0.717) is 19.4 Å². The Morgan fingerprint density at radius 3 is 3.00 bits per heavy atom. The molecule has 0 aliphatic carbocycles. The van der Waals surface area contributed by atoms with E-state index in [2.05, 4.69) is 15.3 Å². The van der Waals surface area contributed by atoms with Gasteiger partial charge in [0.1, 0.15) is 5.75 Å². The molecule has 0 fully saturated rings. The molecule has 0 atom stereocenters. The molecule has 118 valence electrons. The maximum atomic E-state index is 12.0. The number of fused-ring (bicyclic) bond motifs is 1. The summed E-state index contributed by atoms with van der Waals surface area (Å²) in [6.45, 7) is 0.520. The number of ether oxygens (including phenoxy) is 1. The third kappa shape index (κ3) is 3.88. The molecule has 1 aromatic heterocycles. The molecule has 0 saturated heterocycles. The Morgan fingerprint density at radius 2 is 2.13 bits per heavy atom. The van der Waals surface area contributed by atoms with Gasteiger partial charge in [0.15, 0.2) is 0 Å². The average molecular weight is 309 g/mol. The van der Waals surface area contributed by atoms with Crippen molar-refractivity contribution in [3.63, 3.8) is 0 Å². The molecule has 3 rings (SSSR count). The van der Waals surface area contributed by atoms with Gasteiger partial charge in [0.2, 0.25) is 5.91 Å². The van der Waals surface area contributed by atoms with Crippen LogP contribution in [0.2, 0.25) is 0 Å². The van der Waals surface area contributed by atoms with Crippen LogP contribution in [0.3, 0.4) is 0 Å². The summed E-state index contributed by atoms with van der Waals surface area (Å²) >= 11 is 0. The zero-order valence-corrected chi connectivity index (χ0v) is 13.0. The van der Waals surface area contributed by atoms with Crippen LogP contribution in [0.25, 0.3) is 11.0 Å². The minimum atomic E-state index is 0.0394. The summed E-state index contributed by atoms with van der Waals surface area (Å²) in [6.07, 6.45) is 2.82.